The summed E-state index contributed by atoms with van der Waals surface area (Å²) in [5.74, 6) is -5.18. The third-order valence-corrected chi connectivity index (χ3v) is 4.70. The molecule has 5 nitrogen and oxygen atoms in total. The van der Waals surface area contributed by atoms with E-state index in [0.717, 1.165) is 0 Å². The maximum absolute atomic E-state index is 14.1. The lowest BCUT2D eigenvalue weighted by atomic mass is 9.66. The van der Waals surface area contributed by atoms with E-state index in [1.54, 1.807) is 27.7 Å². The summed E-state index contributed by atoms with van der Waals surface area (Å²) in [5, 5.41) is 5.51. The number of carbonyl (C=O) groups is 2. The molecule has 0 bridgehead atoms. The molecular formula is C16H26F2N2O3. The highest BCUT2D eigenvalue weighted by atomic mass is 19.3. The smallest absolute Gasteiger partial charge is 0.255 e. The molecule has 1 heterocycles. The molecule has 2 N–H and O–H groups in total. The molecule has 2 aliphatic rings. The van der Waals surface area contributed by atoms with Crippen LogP contribution in [-0.2, 0) is 14.3 Å². The van der Waals surface area contributed by atoms with Crippen molar-refractivity contribution in [2.75, 3.05) is 13.2 Å². The molecule has 23 heavy (non-hydrogen) atoms. The molecule has 0 aromatic heterocycles. The first-order chi connectivity index (χ1) is 10.6. The van der Waals surface area contributed by atoms with Crippen LogP contribution in [0.25, 0.3) is 0 Å². The van der Waals surface area contributed by atoms with Gasteiger partial charge >= 0.3 is 0 Å². The highest BCUT2D eigenvalue weighted by Gasteiger charge is 2.61. The Morgan fingerprint density at radius 3 is 2.00 bits per heavy atom. The summed E-state index contributed by atoms with van der Waals surface area (Å²) in [4.78, 5) is 23.7. The zero-order chi connectivity index (χ0) is 17.4. The Morgan fingerprint density at radius 1 is 1.00 bits per heavy atom. The molecule has 4 unspecified atom stereocenters. The Hall–Kier alpha value is -1.24. The summed E-state index contributed by atoms with van der Waals surface area (Å²) in [7, 11) is 0. The molecule has 0 radical (unpaired) electrons. The second-order valence-electron chi connectivity index (χ2n) is 7.23. The van der Waals surface area contributed by atoms with E-state index in [2.05, 4.69) is 10.6 Å². The van der Waals surface area contributed by atoms with Crippen LogP contribution >= 0.6 is 0 Å². The zero-order valence-electron chi connectivity index (χ0n) is 14.1. The third-order valence-electron chi connectivity index (χ3n) is 4.70. The van der Waals surface area contributed by atoms with Crippen LogP contribution in [0.15, 0.2) is 0 Å². The molecule has 1 saturated heterocycles. The molecule has 1 aliphatic heterocycles. The topological polar surface area (TPSA) is 67.4 Å². The third kappa shape index (κ3) is 3.82. The van der Waals surface area contributed by atoms with E-state index in [1.165, 1.54) is 0 Å². The van der Waals surface area contributed by atoms with Crippen molar-refractivity contribution >= 4 is 11.8 Å². The number of hydrogen-bond donors (Lipinski definition) is 2. The number of ether oxygens (including phenoxy) is 1. The van der Waals surface area contributed by atoms with Crippen LogP contribution in [-0.4, -0.2) is 43.0 Å². The molecule has 2 amide bonds. The number of carbonyl (C=O) groups excluding carboxylic acids is 2. The molecule has 0 aromatic carbocycles. The zero-order valence-corrected chi connectivity index (χ0v) is 14.1. The maximum Gasteiger partial charge on any atom is 0.255 e. The van der Waals surface area contributed by atoms with E-state index in [0.29, 0.717) is 0 Å². The van der Waals surface area contributed by atoms with Gasteiger partial charge < -0.3 is 15.4 Å². The predicted molar refractivity (Wildman–Crippen MR) is 80.9 cm³/mol. The normalized spacial score (nSPS) is 32.7. The van der Waals surface area contributed by atoms with Gasteiger partial charge in [0.1, 0.15) is 0 Å². The van der Waals surface area contributed by atoms with Crippen molar-refractivity contribution in [3.05, 3.63) is 0 Å². The summed E-state index contributed by atoms with van der Waals surface area (Å²) >= 11 is 0. The van der Waals surface area contributed by atoms with Gasteiger partial charge in [0.15, 0.2) is 0 Å². The van der Waals surface area contributed by atoms with Gasteiger partial charge in [-0.2, -0.15) is 0 Å². The number of nitrogens with one attached hydrogen (secondary N) is 2. The highest BCUT2D eigenvalue weighted by Crippen LogP contribution is 2.49. The van der Waals surface area contributed by atoms with E-state index in [4.69, 9.17) is 4.74 Å². The Labute approximate surface area is 135 Å². The average molecular weight is 332 g/mol. The summed E-state index contributed by atoms with van der Waals surface area (Å²) in [6.07, 6.45) is -0.350. The molecule has 1 aliphatic carbocycles. The minimum absolute atomic E-state index is 0.170. The van der Waals surface area contributed by atoms with Gasteiger partial charge in [0.25, 0.3) is 5.92 Å². The van der Waals surface area contributed by atoms with Crippen molar-refractivity contribution < 1.29 is 23.1 Å². The number of halogens is 2. The number of amides is 2. The van der Waals surface area contributed by atoms with E-state index < -0.39 is 29.8 Å². The quantitative estimate of drug-likeness (QED) is 0.803. The first-order valence-electron chi connectivity index (χ1n) is 8.19. The molecule has 0 spiro atoms. The van der Waals surface area contributed by atoms with Gasteiger partial charge in [-0.25, -0.2) is 8.78 Å². The molecule has 0 aromatic rings. The predicted octanol–water partition coefficient (Wildman–Crippen LogP) is 1.57. The van der Waals surface area contributed by atoms with Crippen LogP contribution in [0, 0.1) is 23.7 Å². The maximum atomic E-state index is 14.1. The lowest BCUT2D eigenvalue weighted by molar-refractivity contribution is -0.180. The van der Waals surface area contributed by atoms with Gasteiger partial charge in [-0.3, -0.25) is 9.59 Å². The average Bonchev–Trinajstić information content (AvgIpc) is 2.84. The van der Waals surface area contributed by atoms with Crippen molar-refractivity contribution in [2.45, 2.75) is 52.1 Å². The van der Waals surface area contributed by atoms with Crippen LogP contribution in [0.3, 0.4) is 0 Å². The van der Waals surface area contributed by atoms with Gasteiger partial charge in [-0.1, -0.05) is 27.7 Å². The minimum atomic E-state index is -2.84. The van der Waals surface area contributed by atoms with E-state index in [-0.39, 0.29) is 43.3 Å². The lowest BCUT2D eigenvalue weighted by Gasteiger charge is -2.48. The second-order valence-corrected chi connectivity index (χ2v) is 7.23. The largest absolute Gasteiger partial charge is 0.379 e. The van der Waals surface area contributed by atoms with E-state index in [9.17, 15) is 18.4 Å². The fourth-order valence-electron chi connectivity index (χ4n) is 3.21. The number of rotatable bonds is 5. The fraction of sp³-hybridized carbons (Fsp3) is 0.875. The monoisotopic (exact) mass is 332 g/mol. The summed E-state index contributed by atoms with van der Waals surface area (Å²) < 4.78 is 33.6. The van der Waals surface area contributed by atoms with Crippen LogP contribution in [0.1, 0.15) is 34.1 Å². The van der Waals surface area contributed by atoms with Gasteiger partial charge in [0.05, 0.1) is 25.2 Å². The Balaban J connectivity index is 2.06. The van der Waals surface area contributed by atoms with Crippen LogP contribution in [0.4, 0.5) is 8.78 Å². The number of alkyl halides is 2. The van der Waals surface area contributed by atoms with Crippen molar-refractivity contribution in [2.24, 2.45) is 23.7 Å². The van der Waals surface area contributed by atoms with Crippen LogP contribution in [0.5, 0.6) is 0 Å². The molecule has 2 fully saturated rings. The molecular weight excluding hydrogens is 306 g/mol. The lowest BCUT2D eigenvalue weighted by Crippen LogP contribution is -2.65. The Kier molecular flexibility index (Phi) is 5.28. The van der Waals surface area contributed by atoms with Crippen LogP contribution < -0.4 is 10.6 Å². The van der Waals surface area contributed by atoms with Gasteiger partial charge in [0, 0.05) is 30.2 Å². The van der Waals surface area contributed by atoms with Crippen LogP contribution in [0.2, 0.25) is 0 Å². The van der Waals surface area contributed by atoms with Gasteiger partial charge in [0.2, 0.25) is 11.8 Å². The van der Waals surface area contributed by atoms with Crippen molar-refractivity contribution in [1.29, 1.82) is 0 Å². The Bertz CT molecular complexity index is 468. The molecule has 2 rings (SSSR count). The summed E-state index contributed by atoms with van der Waals surface area (Å²) in [6.45, 7) is 7.38. The first-order valence-corrected chi connectivity index (χ1v) is 8.19. The van der Waals surface area contributed by atoms with Crippen molar-refractivity contribution in [1.82, 2.24) is 10.6 Å². The number of hydrogen-bond acceptors (Lipinski definition) is 3. The molecule has 7 heteroatoms. The fourth-order valence-corrected chi connectivity index (χ4v) is 3.21. The van der Waals surface area contributed by atoms with E-state index >= 15 is 0 Å². The van der Waals surface area contributed by atoms with Gasteiger partial charge in [-0.15, -0.1) is 0 Å². The molecule has 132 valence electrons. The van der Waals surface area contributed by atoms with Crippen molar-refractivity contribution in [3.8, 4) is 0 Å². The molecule has 1 saturated carbocycles. The first kappa shape index (κ1) is 18.1. The standard InChI is InChI=1S/C16H26F2N2O3/c1-8(2)14(21)19-11-5-16(17,18)13(11)10-6-23-7-12(10)20-15(22)9(3)4/h8-13H,5-7H2,1-4H3,(H,19,21)(H,20,22). The highest BCUT2D eigenvalue weighted by molar-refractivity contribution is 5.79. The summed E-state index contributed by atoms with van der Waals surface area (Å²) in [6, 6.07) is -0.996. The summed E-state index contributed by atoms with van der Waals surface area (Å²) in [5.41, 5.74) is 0. The molecule has 4 atom stereocenters. The Morgan fingerprint density at radius 2 is 1.52 bits per heavy atom. The van der Waals surface area contributed by atoms with Crippen molar-refractivity contribution in [3.63, 3.8) is 0 Å². The second kappa shape index (κ2) is 6.71. The minimum Gasteiger partial charge on any atom is -0.379 e. The van der Waals surface area contributed by atoms with E-state index in [1.807, 2.05) is 0 Å². The SMILES string of the molecule is CC(C)C(=O)NC1COCC1C1C(NC(=O)C(C)C)CC1(F)F. The van der Waals surface area contributed by atoms with Gasteiger partial charge in [-0.05, 0) is 0 Å².